The maximum absolute atomic E-state index is 12.7. The largest absolute Gasteiger partial charge is 0.493 e. The zero-order valence-corrected chi connectivity index (χ0v) is 14.5. The van der Waals surface area contributed by atoms with Crippen LogP contribution in [0.5, 0.6) is 11.5 Å². The number of alkyl halides is 3. The van der Waals surface area contributed by atoms with Gasteiger partial charge in [0.15, 0.2) is 11.5 Å². The summed E-state index contributed by atoms with van der Waals surface area (Å²) >= 11 is 0. The summed E-state index contributed by atoms with van der Waals surface area (Å²) in [6.07, 6.45) is -3.60. The normalized spacial score (nSPS) is 12.7. The van der Waals surface area contributed by atoms with Crippen molar-refractivity contribution in [3.63, 3.8) is 0 Å². The molecular formula is C19H22F3NO2. The first-order chi connectivity index (χ1) is 11.8. The molecule has 0 fully saturated rings. The molecule has 3 nitrogen and oxygen atoms in total. The lowest BCUT2D eigenvalue weighted by atomic mass is 10.1. The van der Waals surface area contributed by atoms with E-state index < -0.39 is 11.7 Å². The van der Waals surface area contributed by atoms with Gasteiger partial charge in [-0.3, -0.25) is 0 Å². The van der Waals surface area contributed by atoms with E-state index in [1.54, 1.807) is 20.3 Å². The summed E-state index contributed by atoms with van der Waals surface area (Å²) in [4.78, 5) is 0. The van der Waals surface area contributed by atoms with Crippen LogP contribution in [-0.2, 0) is 19.1 Å². The highest BCUT2D eigenvalue weighted by molar-refractivity contribution is 5.43. The van der Waals surface area contributed by atoms with E-state index in [2.05, 4.69) is 5.32 Å². The standard InChI is InChI=1S/C19H22F3NO2/c1-13(9-14-7-8-17(24-2)18(11-14)25-3)23-12-15-5-4-6-16(10-15)19(20,21)22/h4-8,10-11,13,23H,9,12H2,1-3H3/t13-/m0/s1. The number of ether oxygens (including phenoxy) is 2. The molecule has 2 aromatic rings. The topological polar surface area (TPSA) is 30.5 Å². The molecule has 0 bridgehead atoms. The Morgan fingerprint density at radius 1 is 0.960 bits per heavy atom. The molecule has 0 aliphatic rings. The van der Waals surface area contributed by atoms with Crippen molar-refractivity contribution < 1.29 is 22.6 Å². The van der Waals surface area contributed by atoms with Gasteiger partial charge in [-0.2, -0.15) is 13.2 Å². The molecule has 0 saturated carbocycles. The number of halogens is 3. The van der Waals surface area contributed by atoms with Crippen LogP contribution in [-0.4, -0.2) is 20.3 Å². The molecule has 0 amide bonds. The van der Waals surface area contributed by atoms with Crippen LogP contribution < -0.4 is 14.8 Å². The van der Waals surface area contributed by atoms with Gasteiger partial charge in [-0.05, 0) is 42.7 Å². The van der Waals surface area contributed by atoms with Crippen molar-refractivity contribution in [3.8, 4) is 11.5 Å². The van der Waals surface area contributed by atoms with Crippen molar-refractivity contribution in [1.82, 2.24) is 5.32 Å². The zero-order chi connectivity index (χ0) is 18.4. The van der Waals surface area contributed by atoms with Gasteiger partial charge in [-0.1, -0.05) is 24.3 Å². The fraction of sp³-hybridized carbons (Fsp3) is 0.368. The fourth-order valence-electron chi connectivity index (χ4n) is 2.58. The van der Waals surface area contributed by atoms with Crippen LogP contribution in [0.25, 0.3) is 0 Å². The van der Waals surface area contributed by atoms with Crippen LogP contribution in [0.4, 0.5) is 13.2 Å². The van der Waals surface area contributed by atoms with Gasteiger partial charge in [0.1, 0.15) is 0 Å². The smallest absolute Gasteiger partial charge is 0.416 e. The lowest BCUT2D eigenvalue weighted by molar-refractivity contribution is -0.137. The molecule has 6 heteroatoms. The van der Waals surface area contributed by atoms with E-state index in [9.17, 15) is 13.2 Å². The lowest BCUT2D eigenvalue weighted by Gasteiger charge is -2.16. The van der Waals surface area contributed by atoms with Crippen LogP contribution in [0.3, 0.4) is 0 Å². The van der Waals surface area contributed by atoms with E-state index in [1.807, 2.05) is 25.1 Å². The Morgan fingerprint density at radius 2 is 1.68 bits per heavy atom. The van der Waals surface area contributed by atoms with Gasteiger partial charge in [0.25, 0.3) is 0 Å². The average Bonchev–Trinajstić information content (AvgIpc) is 2.59. The summed E-state index contributed by atoms with van der Waals surface area (Å²) in [5.41, 5.74) is 1.04. The van der Waals surface area contributed by atoms with E-state index in [0.29, 0.717) is 23.6 Å². The Morgan fingerprint density at radius 3 is 2.32 bits per heavy atom. The third-order valence-electron chi connectivity index (χ3n) is 3.90. The molecule has 136 valence electrons. The van der Waals surface area contributed by atoms with Crippen molar-refractivity contribution in [1.29, 1.82) is 0 Å². The zero-order valence-electron chi connectivity index (χ0n) is 14.5. The Labute approximate surface area is 145 Å². The van der Waals surface area contributed by atoms with Crippen LogP contribution >= 0.6 is 0 Å². The Bertz CT molecular complexity index is 701. The monoisotopic (exact) mass is 353 g/mol. The van der Waals surface area contributed by atoms with Gasteiger partial charge in [-0.15, -0.1) is 0 Å². The summed E-state index contributed by atoms with van der Waals surface area (Å²) in [5, 5.41) is 3.25. The summed E-state index contributed by atoms with van der Waals surface area (Å²) in [5.74, 6) is 1.32. The van der Waals surface area contributed by atoms with Crippen molar-refractivity contribution in [2.24, 2.45) is 0 Å². The van der Waals surface area contributed by atoms with Crippen LogP contribution in [0.2, 0.25) is 0 Å². The van der Waals surface area contributed by atoms with E-state index in [-0.39, 0.29) is 6.04 Å². The molecule has 0 aromatic heterocycles. The highest BCUT2D eigenvalue weighted by Gasteiger charge is 2.30. The van der Waals surface area contributed by atoms with Crippen LogP contribution in [0.1, 0.15) is 23.6 Å². The molecule has 25 heavy (non-hydrogen) atoms. The minimum absolute atomic E-state index is 0.0904. The van der Waals surface area contributed by atoms with Crippen LogP contribution in [0.15, 0.2) is 42.5 Å². The SMILES string of the molecule is COc1ccc(C[C@H](C)NCc2cccc(C(F)(F)F)c2)cc1OC. The summed E-state index contributed by atoms with van der Waals surface area (Å²) in [6, 6.07) is 11.2. The average molecular weight is 353 g/mol. The maximum atomic E-state index is 12.7. The van der Waals surface area contributed by atoms with E-state index >= 15 is 0 Å². The predicted molar refractivity (Wildman–Crippen MR) is 91.0 cm³/mol. The van der Waals surface area contributed by atoms with Gasteiger partial charge in [0, 0.05) is 12.6 Å². The molecule has 0 spiro atoms. The highest BCUT2D eigenvalue weighted by atomic mass is 19.4. The molecule has 0 aliphatic carbocycles. The Balaban J connectivity index is 1.96. The molecule has 0 unspecified atom stereocenters. The van der Waals surface area contributed by atoms with Crippen molar-refractivity contribution in [3.05, 3.63) is 59.2 Å². The molecule has 0 aliphatic heterocycles. The molecule has 2 aromatic carbocycles. The number of methoxy groups -OCH3 is 2. The summed E-state index contributed by atoms with van der Waals surface area (Å²) in [6.45, 7) is 2.36. The first-order valence-electron chi connectivity index (χ1n) is 7.94. The van der Waals surface area contributed by atoms with E-state index in [1.165, 1.54) is 12.1 Å². The molecular weight excluding hydrogens is 331 g/mol. The second-order valence-electron chi connectivity index (χ2n) is 5.87. The first kappa shape index (κ1) is 19.1. The second-order valence-corrected chi connectivity index (χ2v) is 5.87. The van der Waals surface area contributed by atoms with Crippen LogP contribution in [0, 0.1) is 0 Å². The minimum atomic E-state index is -4.32. The summed E-state index contributed by atoms with van der Waals surface area (Å²) < 4.78 is 48.7. The molecule has 0 heterocycles. The predicted octanol–water partition coefficient (Wildman–Crippen LogP) is 4.44. The molecule has 0 radical (unpaired) electrons. The third-order valence-corrected chi connectivity index (χ3v) is 3.90. The number of benzene rings is 2. The first-order valence-corrected chi connectivity index (χ1v) is 7.94. The van der Waals surface area contributed by atoms with Gasteiger partial charge in [-0.25, -0.2) is 0 Å². The lowest BCUT2D eigenvalue weighted by Crippen LogP contribution is -2.27. The fourth-order valence-corrected chi connectivity index (χ4v) is 2.58. The number of rotatable bonds is 7. The van der Waals surface area contributed by atoms with Gasteiger partial charge >= 0.3 is 6.18 Å². The molecule has 1 atom stereocenters. The quantitative estimate of drug-likeness (QED) is 0.798. The van der Waals surface area contributed by atoms with Crippen molar-refractivity contribution >= 4 is 0 Å². The number of nitrogens with one attached hydrogen (secondary N) is 1. The molecule has 1 N–H and O–H groups in total. The van der Waals surface area contributed by atoms with E-state index in [0.717, 1.165) is 18.1 Å². The Hall–Kier alpha value is -2.21. The second kappa shape index (κ2) is 8.25. The minimum Gasteiger partial charge on any atom is -0.493 e. The number of hydrogen-bond acceptors (Lipinski definition) is 3. The maximum Gasteiger partial charge on any atom is 0.416 e. The van der Waals surface area contributed by atoms with Gasteiger partial charge in [0.05, 0.1) is 19.8 Å². The van der Waals surface area contributed by atoms with E-state index in [4.69, 9.17) is 9.47 Å². The van der Waals surface area contributed by atoms with Crippen molar-refractivity contribution in [2.45, 2.75) is 32.1 Å². The molecule has 0 saturated heterocycles. The number of hydrogen-bond donors (Lipinski definition) is 1. The van der Waals surface area contributed by atoms with Crippen molar-refractivity contribution in [2.75, 3.05) is 14.2 Å². The molecule has 2 rings (SSSR count). The third kappa shape index (κ3) is 5.39. The summed E-state index contributed by atoms with van der Waals surface area (Å²) in [7, 11) is 3.16. The van der Waals surface area contributed by atoms with Gasteiger partial charge < -0.3 is 14.8 Å². The highest BCUT2D eigenvalue weighted by Crippen LogP contribution is 2.30. The van der Waals surface area contributed by atoms with Gasteiger partial charge in [0.2, 0.25) is 0 Å². The Kier molecular flexibility index (Phi) is 6.31.